The van der Waals surface area contributed by atoms with E-state index in [1.54, 1.807) is 32.6 Å². The van der Waals surface area contributed by atoms with Crippen LogP contribution >= 0.6 is 0 Å². The van der Waals surface area contributed by atoms with Crippen molar-refractivity contribution in [3.8, 4) is 0 Å². The van der Waals surface area contributed by atoms with Gasteiger partial charge in [-0.15, -0.1) is 0 Å². The zero-order chi connectivity index (χ0) is 14.8. The Labute approximate surface area is 115 Å². The van der Waals surface area contributed by atoms with Crippen LogP contribution in [0.1, 0.15) is 27.7 Å². The number of hydrogen-bond donors (Lipinski definition) is 1. The Morgan fingerprint density at radius 1 is 1.16 bits per heavy atom. The molecule has 0 aromatic carbocycles. The lowest BCUT2D eigenvalue weighted by atomic mass is 10.0. The largest absolute Gasteiger partial charge is 0.465 e. The molecule has 0 aromatic rings. The van der Waals surface area contributed by atoms with Crippen molar-refractivity contribution in [2.24, 2.45) is 0 Å². The van der Waals surface area contributed by atoms with Crippen molar-refractivity contribution in [1.29, 1.82) is 0 Å². The van der Waals surface area contributed by atoms with Crippen molar-refractivity contribution < 1.29 is 14.7 Å². The standard InChI is InChI=1S/C13H25N3O3/c1-10(16(12(18)19)13(2,3)4)11(17)15-8-6-14(5)7-9-15/h10H,6-9H2,1-5H3,(H,18,19)/t10-/m1/s1. The fourth-order valence-electron chi connectivity index (χ4n) is 2.44. The molecule has 0 saturated carbocycles. The van der Waals surface area contributed by atoms with Crippen LogP contribution in [0.2, 0.25) is 0 Å². The van der Waals surface area contributed by atoms with E-state index in [2.05, 4.69) is 4.90 Å². The maximum absolute atomic E-state index is 12.4. The Morgan fingerprint density at radius 2 is 1.63 bits per heavy atom. The van der Waals surface area contributed by atoms with Crippen LogP contribution < -0.4 is 0 Å². The first-order valence-electron chi connectivity index (χ1n) is 6.64. The molecule has 0 radical (unpaired) electrons. The van der Waals surface area contributed by atoms with Gasteiger partial charge in [-0.2, -0.15) is 0 Å². The fourth-order valence-corrected chi connectivity index (χ4v) is 2.44. The molecule has 1 saturated heterocycles. The maximum Gasteiger partial charge on any atom is 0.408 e. The molecular formula is C13H25N3O3. The van der Waals surface area contributed by atoms with E-state index < -0.39 is 17.7 Å². The van der Waals surface area contributed by atoms with Crippen LogP contribution in [0.25, 0.3) is 0 Å². The summed E-state index contributed by atoms with van der Waals surface area (Å²) in [5.41, 5.74) is -0.590. The number of nitrogens with zero attached hydrogens (tertiary/aromatic N) is 3. The molecule has 19 heavy (non-hydrogen) atoms. The molecule has 1 heterocycles. The van der Waals surface area contributed by atoms with E-state index in [4.69, 9.17) is 0 Å². The van der Waals surface area contributed by atoms with Crippen LogP contribution in [0.3, 0.4) is 0 Å². The zero-order valence-electron chi connectivity index (χ0n) is 12.5. The summed E-state index contributed by atoms with van der Waals surface area (Å²) in [6, 6.07) is -0.652. The number of carbonyl (C=O) groups is 2. The van der Waals surface area contributed by atoms with E-state index in [0.29, 0.717) is 13.1 Å². The topological polar surface area (TPSA) is 64.1 Å². The zero-order valence-corrected chi connectivity index (χ0v) is 12.5. The van der Waals surface area contributed by atoms with Gasteiger partial charge in [-0.05, 0) is 34.7 Å². The number of amides is 2. The Morgan fingerprint density at radius 3 is 2.00 bits per heavy atom. The number of carbonyl (C=O) groups excluding carboxylic acids is 1. The van der Waals surface area contributed by atoms with Gasteiger partial charge in [0.15, 0.2) is 0 Å². The van der Waals surface area contributed by atoms with E-state index in [1.807, 2.05) is 7.05 Å². The molecule has 6 heteroatoms. The average Bonchev–Trinajstić information content (AvgIpc) is 2.26. The van der Waals surface area contributed by atoms with Crippen LogP contribution in [-0.4, -0.2) is 76.6 Å². The van der Waals surface area contributed by atoms with E-state index in [9.17, 15) is 14.7 Å². The molecular weight excluding hydrogens is 246 g/mol. The molecule has 1 aliphatic heterocycles. The SMILES string of the molecule is C[C@H](C(=O)N1CCN(C)CC1)N(C(=O)O)C(C)(C)C. The van der Waals surface area contributed by atoms with Crippen molar-refractivity contribution in [2.75, 3.05) is 33.2 Å². The minimum atomic E-state index is -1.05. The van der Waals surface area contributed by atoms with Crippen molar-refractivity contribution in [3.05, 3.63) is 0 Å². The van der Waals surface area contributed by atoms with Crippen LogP contribution in [0, 0.1) is 0 Å². The molecule has 2 amide bonds. The van der Waals surface area contributed by atoms with Gasteiger partial charge in [0, 0.05) is 31.7 Å². The minimum absolute atomic E-state index is 0.106. The molecule has 1 N–H and O–H groups in total. The molecule has 0 unspecified atom stereocenters. The highest BCUT2D eigenvalue weighted by Gasteiger charge is 2.36. The van der Waals surface area contributed by atoms with Gasteiger partial charge in [-0.3, -0.25) is 9.69 Å². The Kier molecular flexibility index (Phi) is 4.79. The number of rotatable bonds is 2. The molecule has 0 aliphatic carbocycles. The molecule has 0 spiro atoms. The van der Waals surface area contributed by atoms with Gasteiger partial charge in [0.25, 0.3) is 0 Å². The highest BCUT2D eigenvalue weighted by atomic mass is 16.4. The monoisotopic (exact) mass is 271 g/mol. The van der Waals surface area contributed by atoms with Gasteiger partial charge in [-0.25, -0.2) is 4.79 Å². The summed E-state index contributed by atoms with van der Waals surface area (Å²) in [5.74, 6) is -0.106. The van der Waals surface area contributed by atoms with E-state index in [0.717, 1.165) is 13.1 Å². The van der Waals surface area contributed by atoms with Crippen LogP contribution in [0.5, 0.6) is 0 Å². The summed E-state index contributed by atoms with van der Waals surface area (Å²) < 4.78 is 0. The van der Waals surface area contributed by atoms with Crippen molar-refractivity contribution in [2.45, 2.75) is 39.3 Å². The minimum Gasteiger partial charge on any atom is -0.465 e. The van der Waals surface area contributed by atoms with Crippen LogP contribution in [0.15, 0.2) is 0 Å². The van der Waals surface area contributed by atoms with Gasteiger partial charge in [0.1, 0.15) is 6.04 Å². The number of carboxylic acid groups (broad SMARTS) is 1. The van der Waals surface area contributed by atoms with Gasteiger partial charge in [0.05, 0.1) is 0 Å². The molecule has 0 bridgehead atoms. The Balaban J connectivity index is 2.77. The highest BCUT2D eigenvalue weighted by molar-refractivity contribution is 5.85. The van der Waals surface area contributed by atoms with E-state index in [-0.39, 0.29) is 5.91 Å². The maximum atomic E-state index is 12.4. The predicted octanol–water partition coefficient (Wildman–Crippen LogP) is 0.927. The first kappa shape index (κ1) is 15.8. The quantitative estimate of drug-likeness (QED) is 0.811. The third kappa shape index (κ3) is 3.83. The second kappa shape index (κ2) is 5.77. The second-order valence-corrected chi connectivity index (χ2v) is 6.13. The van der Waals surface area contributed by atoms with Crippen LogP contribution in [-0.2, 0) is 4.79 Å². The van der Waals surface area contributed by atoms with Crippen molar-refractivity contribution in [3.63, 3.8) is 0 Å². The lowest BCUT2D eigenvalue weighted by Gasteiger charge is -2.40. The predicted molar refractivity (Wildman–Crippen MR) is 73.2 cm³/mol. The molecule has 110 valence electrons. The molecule has 0 aromatic heterocycles. The van der Waals surface area contributed by atoms with Gasteiger partial charge >= 0.3 is 6.09 Å². The van der Waals surface area contributed by atoms with Gasteiger partial charge < -0.3 is 14.9 Å². The van der Waals surface area contributed by atoms with Crippen molar-refractivity contribution >= 4 is 12.0 Å². The summed E-state index contributed by atoms with van der Waals surface area (Å²) >= 11 is 0. The lowest BCUT2D eigenvalue weighted by molar-refractivity contribution is -0.139. The third-order valence-corrected chi connectivity index (χ3v) is 3.49. The van der Waals surface area contributed by atoms with Gasteiger partial charge in [-0.1, -0.05) is 0 Å². The summed E-state index contributed by atoms with van der Waals surface area (Å²) in [7, 11) is 2.02. The Bertz CT molecular complexity index is 344. The summed E-state index contributed by atoms with van der Waals surface area (Å²) in [6.45, 7) is 10.1. The summed E-state index contributed by atoms with van der Waals surface area (Å²) in [6.07, 6.45) is -1.05. The number of hydrogen-bond acceptors (Lipinski definition) is 3. The second-order valence-electron chi connectivity index (χ2n) is 6.13. The van der Waals surface area contributed by atoms with Crippen molar-refractivity contribution in [1.82, 2.24) is 14.7 Å². The molecule has 1 rings (SSSR count). The molecule has 1 aliphatic rings. The summed E-state index contributed by atoms with van der Waals surface area (Å²) in [5, 5.41) is 9.32. The first-order valence-corrected chi connectivity index (χ1v) is 6.64. The van der Waals surface area contributed by atoms with E-state index in [1.165, 1.54) is 4.90 Å². The molecule has 6 nitrogen and oxygen atoms in total. The third-order valence-electron chi connectivity index (χ3n) is 3.49. The Hall–Kier alpha value is -1.30. The van der Waals surface area contributed by atoms with Crippen LogP contribution in [0.4, 0.5) is 4.79 Å². The molecule has 1 fully saturated rings. The fraction of sp³-hybridized carbons (Fsp3) is 0.846. The van der Waals surface area contributed by atoms with E-state index >= 15 is 0 Å². The summed E-state index contributed by atoms with van der Waals surface area (Å²) in [4.78, 5) is 28.9. The lowest BCUT2D eigenvalue weighted by Crippen LogP contribution is -2.58. The normalized spacial score (nSPS) is 19.1. The van der Waals surface area contributed by atoms with Gasteiger partial charge in [0.2, 0.25) is 5.91 Å². The average molecular weight is 271 g/mol. The smallest absolute Gasteiger partial charge is 0.408 e. The molecule has 1 atom stereocenters. The number of piperazine rings is 1. The first-order chi connectivity index (χ1) is 8.64. The highest BCUT2D eigenvalue weighted by Crippen LogP contribution is 2.19. The number of likely N-dealkylation sites (N-methyl/N-ethyl adjacent to an activating group) is 1.